The van der Waals surface area contributed by atoms with E-state index in [-0.39, 0.29) is 11.9 Å². The maximum Gasteiger partial charge on any atom is 0.175 e. The third-order valence-electron chi connectivity index (χ3n) is 6.13. The lowest BCUT2D eigenvalue weighted by Gasteiger charge is -2.38. The van der Waals surface area contributed by atoms with Crippen molar-refractivity contribution in [2.45, 2.75) is 26.4 Å². The molecule has 1 aliphatic heterocycles. The van der Waals surface area contributed by atoms with E-state index in [1.807, 2.05) is 36.4 Å². The Labute approximate surface area is 194 Å². The van der Waals surface area contributed by atoms with E-state index < -0.39 is 0 Å². The summed E-state index contributed by atoms with van der Waals surface area (Å²) >= 11 is 0. The van der Waals surface area contributed by atoms with Crippen molar-refractivity contribution < 1.29 is 14.4 Å². The maximum absolute atomic E-state index is 9.72. The Morgan fingerprint density at radius 3 is 2.36 bits per heavy atom. The van der Waals surface area contributed by atoms with Crippen LogP contribution in [0, 0.1) is 6.92 Å². The van der Waals surface area contributed by atoms with E-state index in [1.54, 1.807) is 12.1 Å². The van der Waals surface area contributed by atoms with Crippen LogP contribution in [0.15, 0.2) is 77.3 Å². The van der Waals surface area contributed by atoms with E-state index in [0.717, 1.165) is 58.9 Å². The minimum Gasteiger partial charge on any atom is -0.508 e. The number of aryl methyl sites for hydroxylation is 1. The van der Waals surface area contributed by atoms with Crippen LogP contribution in [0.25, 0.3) is 33.7 Å². The van der Waals surface area contributed by atoms with Crippen LogP contribution in [0.2, 0.25) is 0 Å². The zero-order valence-electron chi connectivity index (χ0n) is 19.0. The molecule has 33 heavy (non-hydrogen) atoms. The Morgan fingerprint density at radius 2 is 1.67 bits per heavy atom. The molecule has 0 bridgehead atoms. The predicted molar refractivity (Wildman–Crippen MR) is 130 cm³/mol. The van der Waals surface area contributed by atoms with Gasteiger partial charge in [0.2, 0.25) is 0 Å². The number of phenols is 1. The molecule has 1 N–H and O–H groups in total. The van der Waals surface area contributed by atoms with Crippen LogP contribution in [0.1, 0.15) is 18.9 Å². The van der Waals surface area contributed by atoms with Crippen molar-refractivity contribution in [3.8, 4) is 45.2 Å². The second-order valence-corrected chi connectivity index (χ2v) is 8.62. The van der Waals surface area contributed by atoms with Crippen LogP contribution in [0.5, 0.6) is 11.5 Å². The van der Waals surface area contributed by atoms with Gasteiger partial charge in [-0.05, 0) is 67.4 Å². The van der Waals surface area contributed by atoms with Gasteiger partial charge in [-0.15, -0.1) is 0 Å². The number of phenolic OH excluding ortho intramolecular Hbond substituents is 1. The van der Waals surface area contributed by atoms with Crippen LogP contribution in [0.3, 0.4) is 0 Å². The lowest BCUT2D eigenvalue weighted by molar-refractivity contribution is 0.0203. The Balaban J connectivity index is 1.49. The molecule has 5 rings (SSSR count). The molecule has 0 atom stereocenters. The average molecular weight is 441 g/mol. The largest absolute Gasteiger partial charge is 0.508 e. The van der Waals surface area contributed by atoms with Gasteiger partial charge in [-0.25, -0.2) is 0 Å². The van der Waals surface area contributed by atoms with E-state index in [1.165, 1.54) is 6.42 Å². The molecule has 1 aliphatic rings. The molecule has 5 nitrogen and oxygen atoms in total. The van der Waals surface area contributed by atoms with Crippen LogP contribution in [-0.2, 0) is 0 Å². The molecule has 0 saturated carbocycles. The first kappa shape index (κ1) is 21.3. The van der Waals surface area contributed by atoms with Gasteiger partial charge in [0.15, 0.2) is 5.76 Å². The second kappa shape index (κ2) is 9.12. The summed E-state index contributed by atoms with van der Waals surface area (Å²) < 4.78 is 12.0. The summed E-state index contributed by atoms with van der Waals surface area (Å²) in [6.45, 7) is 7.39. The number of ether oxygens (including phenoxy) is 1. The zero-order chi connectivity index (χ0) is 22.8. The molecule has 5 heteroatoms. The van der Waals surface area contributed by atoms with Gasteiger partial charge in [0.05, 0.1) is 5.56 Å². The van der Waals surface area contributed by atoms with Gasteiger partial charge in [-0.3, -0.25) is 4.90 Å². The molecule has 4 aromatic rings. The monoisotopic (exact) mass is 440 g/mol. The van der Waals surface area contributed by atoms with E-state index in [9.17, 15) is 5.11 Å². The van der Waals surface area contributed by atoms with Crippen molar-refractivity contribution in [1.29, 1.82) is 0 Å². The van der Waals surface area contributed by atoms with E-state index in [4.69, 9.17) is 9.26 Å². The normalized spacial score (nSPS) is 14.2. The van der Waals surface area contributed by atoms with Crippen molar-refractivity contribution in [3.05, 3.63) is 78.4 Å². The molecular formula is C28H28N2O3. The summed E-state index contributed by atoms with van der Waals surface area (Å²) in [6.07, 6.45) is 1.43. The number of hydrogen-bond acceptors (Lipinski definition) is 5. The highest BCUT2D eigenvalue weighted by Crippen LogP contribution is 2.41. The summed E-state index contributed by atoms with van der Waals surface area (Å²) in [5.74, 6) is 1.77. The lowest BCUT2D eigenvalue weighted by Crippen LogP contribution is -2.53. The molecule has 3 aromatic carbocycles. The van der Waals surface area contributed by atoms with Gasteiger partial charge in [0.25, 0.3) is 0 Å². The molecule has 0 aliphatic carbocycles. The molecule has 0 unspecified atom stereocenters. The Kier molecular flexibility index (Phi) is 5.88. The molecule has 0 amide bonds. The highest BCUT2D eigenvalue weighted by molar-refractivity contribution is 5.91. The molecule has 2 heterocycles. The van der Waals surface area contributed by atoms with Gasteiger partial charge in [-0.1, -0.05) is 48.5 Å². The number of nitrogens with zero attached hydrogens (tertiary/aromatic N) is 2. The lowest BCUT2D eigenvalue weighted by atomic mass is 9.94. The third-order valence-corrected chi connectivity index (χ3v) is 6.13. The maximum atomic E-state index is 9.72. The Bertz CT molecular complexity index is 1220. The van der Waals surface area contributed by atoms with Gasteiger partial charge in [0, 0.05) is 24.2 Å². The SMILES string of the molecule is CCCN1CC(Oc2ccc(-c3c(-c4ccccc4C)noc3-c3ccc(O)cc3)cc2)C1. The fraction of sp³-hybridized carbons (Fsp3) is 0.250. The van der Waals surface area contributed by atoms with E-state index >= 15 is 0 Å². The van der Waals surface area contributed by atoms with Crippen LogP contribution in [0.4, 0.5) is 0 Å². The summed E-state index contributed by atoms with van der Waals surface area (Å²) in [5.41, 5.74) is 5.77. The zero-order valence-corrected chi connectivity index (χ0v) is 19.0. The molecule has 0 radical (unpaired) electrons. The number of rotatable bonds is 7. The quantitative estimate of drug-likeness (QED) is 0.373. The second-order valence-electron chi connectivity index (χ2n) is 8.62. The highest BCUT2D eigenvalue weighted by atomic mass is 16.5. The number of hydrogen-bond donors (Lipinski definition) is 1. The molecule has 168 valence electrons. The first-order valence-electron chi connectivity index (χ1n) is 11.5. The molecular weight excluding hydrogens is 412 g/mol. The van der Waals surface area contributed by atoms with Gasteiger partial charge in [-0.2, -0.15) is 0 Å². The summed E-state index contributed by atoms with van der Waals surface area (Å²) in [4.78, 5) is 2.41. The van der Waals surface area contributed by atoms with Gasteiger partial charge >= 0.3 is 0 Å². The molecule has 1 fully saturated rings. The fourth-order valence-corrected chi connectivity index (χ4v) is 4.38. The van der Waals surface area contributed by atoms with E-state index in [0.29, 0.717) is 5.76 Å². The van der Waals surface area contributed by atoms with Crippen molar-refractivity contribution in [2.24, 2.45) is 0 Å². The predicted octanol–water partition coefficient (Wildman–Crippen LogP) is 6.16. The van der Waals surface area contributed by atoms with Crippen molar-refractivity contribution in [3.63, 3.8) is 0 Å². The van der Waals surface area contributed by atoms with Crippen LogP contribution in [-0.4, -0.2) is 40.9 Å². The number of benzene rings is 3. The minimum atomic E-state index is 0.217. The van der Waals surface area contributed by atoms with Crippen molar-refractivity contribution >= 4 is 0 Å². The number of aromatic hydroxyl groups is 1. The standard InChI is InChI=1S/C28H28N2O3/c1-3-16-30-17-24(18-30)32-23-14-10-20(11-15-23)26-27(25-7-5-4-6-19(25)2)29-33-28(26)21-8-12-22(31)13-9-21/h4-15,24,31H,3,16-18H2,1-2H3. The summed E-state index contributed by atoms with van der Waals surface area (Å²) in [7, 11) is 0. The van der Waals surface area contributed by atoms with Gasteiger partial charge < -0.3 is 14.4 Å². The smallest absolute Gasteiger partial charge is 0.175 e. The van der Waals surface area contributed by atoms with Gasteiger partial charge in [0.1, 0.15) is 23.3 Å². The number of likely N-dealkylation sites (tertiary alicyclic amines) is 1. The topological polar surface area (TPSA) is 58.7 Å². The highest BCUT2D eigenvalue weighted by Gasteiger charge is 2.27. The molecule has 1 saturated heterocycles. The first-order chi connectivity index (χ1) is 16.1. The van der Waals surface area contributed by atoms with E-state index in [2.05, 4.69) is 48.2 Å². The fourth-order valence-electron chi connectivity index (χ4n) is 4.38. The summed E-state index contributed by atoms with van der Waals surface area (Å²) in [5, 5.41) is 14.2. The Morgan fingerprint density at radius 1 is 0.970 bits per heavy atom. The van der Waals surface area contributed by atoms with Crippen molar-refractivity contribution in [2.75, 3.05) is 19.6 Å². The number of aromatic nitrogens is 1. The Hall–Kier alpha value is -3.57. The third kappa shape index (κ3) is 4.37. The molecule has 0 spiro atoms. The van der Waals surface area contributed by atoms with Crippen LogP contribution >= 0.6 is 0 Å². The van der Waals surface area contributed by atoms with Crippen molar-refractivity contribution in [1.82, 2.24) is 10.1 Å². The minimum absolute atomic E-state index is 0.217. The molecule has 1 aromatic heterocycles. The average Bonchev–Trinajstić information content (AvgIpc) is 3.24. The first-order valence-corrected chi connectivity index (χ1v) is 11.5. The summed E-state index contributed by atoms with van der Waals surface area (Å²) in [6, 6.07) is 23.4. The van der Waals surface area contributed by atoms with Crippen LogP contribution < -0.4 is 4.74 Å².